The lowest BCUT2D eigenvalue weighted by Gasteiger charge is -2.22. The number of hydrogen-bond acceptors (Lipinski definition) is 4. The quantitative estimate of drug-likeness (QED) is 0.389. The molecule has 1 aromatic rings. The summed E-state index contributed by atoms with van der Waals surface area (Å²) in [6, 6.07) is 4.74. The Bertz CT molecular complexity index is 632. The van der Waals surface area contributed by atoms with Gasteiger partial charge in [0.15, 0.2) is 0 Å². The second-order valence-corrected chi connectivity index (χ2v) is 7.17. The van der Waals surface area contributed by atoms with E-state index in [2.05, 4.69) is 26.0 Å². The van der Waals surface area contributed by atoms with Crippen molar-refractivity contribution < 1.29 is 9.18 Å². The van der Waals surface area contributed by atoms with Crippen molar-refractivity contribution in [3.05, 3.63) is 52.2 Å². The van der Waals surface area contributed by atoms with Gasteiger partial charge in [0.1, 0.15) is 11.6 Å². The molecular weight excluding hydrogens is 381 g/mol. The summed E-state index contributed by atoms with van der Waals surface area (Å²) >= 11 is 4.85. The van der Waals surface area contributed by atoms with Crippen molar-refractivity contribution in [2.24, 2.45) is 0 Å². The fourth-order valence-corrected chi connectivity index (χ4v) is 2.94. The maximum Gasteiger partial charge on any atom is 0.215 e. The summed E-state index contributed by atoms with van der Waals surface area (Å²) in [4.78, 5) is 12.6. The highest BCUT2D eigenvalue weighted by Crippen LogP contribution is 2.33. The average Bonchev–Trinajstić information content (AvgIpc) is 3.34. The third-order valence-electron chi connectivity index (χ3n) is 3.14. The van der Waals surface area contributed by atoms with E-state index in [9.17, 15) is 9.18 Å². The molecule has 7 heteroatoms. The van der Waals surface area contributed by atoms with Gasteiger partial charge in [-0.3, -0.25) is 4.79 Å². The summed E-state index contributed by atoms with van der Waals surface area (Å²) < 4.78 is 18.0. The van der Waals surface area contributed by atoms with Gasteiger partial charge in [-0.05, 0) is 56.0 Å². The second-order valence-electron chi connectivity index (χ2n) is 5.15. The first-order chi connectivity index (χ1) is 11.0. The lowest BCUT2D eigenvalue weighted by Crippen LogP contribution is -2.26. The number of rotatable bonds is 8. The first kappa shape index (κ1) is 17.9. The van der Waals surface area contributed by atoms with Crippen molar-refractivity contribution in [3.8, 4) is 0 Å². The number of nitrogens with zero attached hydrogens (tertiary/aromatic N) is 1. The molecule has 1 aliphatic rings. The minimum Gasteiger partial charge on any atom is -0.337 e. The summed E-state index contributed by atoms with van der Waals surface area (Å²) in [5.41, 5.74) is 1.03. The molecule has 23 heavy (non-hydrogen) atoms. The summed E-state index contributed by atoms with van der Waals surface area (Å²) in [5.74, 6) is 0.0957. The molecule has 1 amide bonds. The molecule has 0 spiro atoms. The third kappa shape index (κ3) is 5.28. The van der Waals surface area contributed by atoms with Crippen LogP contribution in [0.2, 0.25) is 0 Å². The monoisotopic (exact) mass is 399 g/mol. The molecule has 1 fully saturated rings. The molecule has 0 radical (unpaired) electrons. The van der Waals surface area contributed by atoms with Crippen molar-refractivity contribution in [3.63, 3.8) is 0 Å². The molecule has 0 bridgehead atoms. The summed E-state index contributed by atoms with van der Waals surface area (Å²) in [6.07, 6.45) is 6.79. The lowest BCUT2D eigenvalue weighted by molar-refractivity contribution is -0.115. The van der Waals surface area contributed by atoms with E-state index in [0.29, 0.717) is 27.6 Å². The van der Waals surface area contributed by atoms with Crippen molar-refractivity contribution in [1.29, 1.82) is 0 Å². The van der Waals surface area contributed by atoms with Gasteiger partial charge in [0.05, 0.1) is 11.4 Å². The fourth-order valence-electron chi connectivity index (χ4n) is 1.78. The van der Waals surface area contributed by atoms with Crippen LogP contribution < -0.4 is 10.0 Å². The van der Waals surface area contributed by atoms with Gasteiger partial charge in [-0.25, -0.2) is 4.39 Å². The van der Waals surface area contributed by atoms with Crippen molar-refractivity contribution in [2.75, 3.05) is 12.4 Å². The van der Waals surface area contributed by atoms with Crippen LogP contribution in [0.15, 0.2) is 46.3 Å². The van der Waals surface area contributed by atoms with Crippen molar-refractivity contribution in [2.45, 2.75) is 25.0 Å². The zero-order chi connectivity index (χ0) is 16.8. The number of benzene rings is 1. The summed E-state index contributed by atoms with van der Waals surface area (Å²) in [7, 11) is 1.62. The van der Waals surface area contributed by atoms with Crippen molar-refractivity contribution >= 4 is 40.0 Å². The second kappa shape index (κ2) is 8.40. The predicted octanol–water partition coefficient (Wildman–Crippen LogP) is 4.23. The van der Waals surface area contributed by atoms with E-state index in [1.807, 2.05) is 19.1 Å². The van der Waals surface area contributed by atoms with E-state index < -0.39 is 5.82 Å². The van der Waals surface area contributed by atoms with E-state index in [1.165, 1.54) is 23.8 Å². The van der Waals surface area contributed by atoms with Gasteiger partial charge in [-0.1, -0.05) is 22.0 Å². The van der Waals surface area contributed by atoms with E-state index in [-0.39, 0.29) is 0 Å². The third-order valence-corrected chi connectivity index (χ3v) is 4.78. The molecule has 2 N–H and O–H groups in total. The Morgan fingerprint density at radius 1 is 1.48 bits per heavy atom. The summed E-state index contributed by atoms with van der Waals surface area (Å²) in [5, 5.41) is 3.61. The number of allylic oxidation sites excluding steroid dienone is 2. The Kier molecular flexibility index (Phi) is 6.53. The predicted molar refractivity (Wildman–Crippen MR) is 97.1 cm³/mol. The number of carbonyl (C=O) groups excluding carboxylic acids is 1. The molecule has 1 saturated carbocycles. The van der Waals surface area contributed by atoms with Crippen molar-refractivity contribution in [1.82, 2.24) is 9.62 Å². The van der Waals surface area contributed by atoms with Crippen LogP contribution >= 0.6 is 27.9 Å². The largest absolute Gasteiger partial charge is 0.337 e. The molecule has 0 heterocycles. The lowest BCUT2D eigenvalue weighted by atomic mass is 10.3. The molecule has 4 nitrogen and oxygen atoms in total. The van der Waals surface area contributed by atoms with Crippen LogP contribution in [-0.2, 0) is 4.79 Å². The Balaban J connectivity index is 2.31. The number of hydrogen-bond donors (Lipinski definition) is 2. The van der Waals surface area contributed by atoms with Crippen LogP contribution in [0.3, 0.4) is 0 Å². The van der Waals surface area contributed by atoms with Crippen LogP contribution in [0.25, 0.3) is 0 Å². The Hall–Kier alpha value is -1.47. The van der Waals surface area contributed by atoms with Crippen LogP contribution in [0.4, 0.5) is 10.1 Å². The van der Waals surface area contributed by atoms with Crippen LogP contribution in [0, 0.1) is 5.82 Å². The first-order valence-electron chi connectivity index (χ1n) is 7.24. The van der Waals surface area contributed by atoms with Crippen LogP contribution in [0.1, 0.15) is 19.8 Å². The topological polar surface area (TPSA) is 44.4 Å². The van der Waals surface area contributed by atoms with E-state index >= 15 is 0 Å². The smallest absolute Gasteiger partial charge is 0.215 e. The fraction of sp³-hybridized carbons (Fsp3) is 0.312. The minimum atomic E-state index is -0.397. The van der Waals surface area contributed by atoms with Gasteiger partial charge < -0.3 is 14.9 Å². The van der Waals surface area contributed by atoms with Crippen LogP contribution in [-0.4, -0.2) is 23.6 Å². The molecule has 0 atom stereocenters. The van der Waals surface area contributed by atoms with Crippen LogP contribution in [0.5, 0.6) is 0 Å². The normalized spacial score (nSPS) is 15.3. The molecular formula is C16H19BrFN3OS. The molecule has 2 rings (SSSR count). The Labute approximate surface area is 148 Å². The number of amides is 1. The molecule has 0 aromatic heterocycles. The highest BCUT2D eigenvalue weighted by Gasteiger charge is 2.23. The minimum absolute atomic E-state index is 0.303. The number of halogens is 2. The molecule has 0 saturated heterocycles. The van der Waals surface area contributed by atoms with Gasteiger partial charge in [0.25, 0.3) is 0 Å². The first-order valence-corrected chi connectivity index (χ1v) is 8.91. The van der Waals surface area contributed by atoms with Gasteiger partial charge >= 0.3 is 0 Å². The zero-order valence-electron chi connectivity index (χ0n) is 13.0. The van der Waals surface area contributed by atoms with Gasteiger partial charge in [0, 0.05) is 16.8 Å². The average molecular weight is 400 g/mol. The Morgan fingerprint density at radius 2 is 2.22 bits per heavy atom. The summed E-state index contributed by atoms with van der Waals surface area (Å²) in [6.45, 7) is 1.89. The van der Waals surface area contributed by atoms with Gasteiger partial charge in [0.2, 0.25) is 6.41 Å². The van der Waals surface area contributed by atoms with Gasteiger partial charge in [-0.2, -0.15) is 0 Å². The maximum absolute atomic E-state index is 14.1. The van der Waals surface area contributed by atoms with E-state index in [0.717, 1.165) is 5.70 Å². The highest BCUT2D eigenvalue weighted by atomic mass is 79.9. The molecule has 0 aliphatic heterocycles. The molecule has 124 valence electrons. The molecule has 1 aromatic carbocycles. The Morgan fingerprint density at radius 3 is 2.78 bits per heavy atom. The molecule has 0 unspecified atom stereocenters. The highest BCUT2D eigenvalue weighted by molar-refractivity contribution is 9.10. The number of nitrogens with one attached hydrogen (secondary N) is 2. The SMILES string of the molecule is C/C=C\C(NSC1CC1)=C(\Nc1ccc(Br)cc1F)N(C)C=O. The van der Waals surface area contributed by atoms with E-state index in [1.54, 1.807) is 31.1 Å². The molecule has 1 aliphatic carbocycles. The standard InChI is InChI=1S/C16H19BrFN3OS/c1-3-4-15(20-23-12-6-7-12)16(21(2)10-22)19-14-8-5-11(17)9-13(14)18/h3-5,8-10,12,19-20H,6-7H2,1-2H3/b4-3-,16-15+. The zero-order valence-corrected chi connectivity index (χ0v) is 15.4. The number of carbonyl (C=O) groups is 1. The maximum atomic E-state index is 14.1. The number of anilines is 1. The van der Waals surface area contributed by atoms with E-state index in [4.69, 9.17) is 0 Å². The van der Waals surface area contributed by atoms with Gasteiger partial charge in [-0.15, -0.1) is 0 Å².